The van der Waals surface area contributed by atoms with E-state index < -0.39 is 0 Å². The Hall–Kier alpha value is -1.52. The molecule has 2 aromatic rings. The molecule has 21 heavy (non-hydrogen) atoms. The van der Waals surface area contributed by atoms with Crippen LogP contribution in [-0.4, -0.2) is 22.7 Å². The maximum atomic E-state index is 5.88. The molecule has 1 heterocycles. The molecule has 114 valence electrons. The highest BCUT2D eigenvalue weighted by atomic mass is 35.5. The minimum absolute atomic E-state index is 0.0761. The molecule has 0 saturated carbocycles. The fourth-order valence-corrected chi connectivity index (χ4v) is 2.37. The van der Waals surface area contributed by atoms with E-state index in [0.29, 0.717) is 11.6 Å². The van der Waals surface area contributed by atoms with Gasteiger partial charge < -0.3 is 14.6 Å². The fourth-order valence-electron chi connectivity index (χ4n) is 2.24. The topological polar surface area (TPSA) is 39.1 Å². The summed E-state index contributed by atoms with van der Waals surface area (Å²) < 4.78 is 8.04. The molecule has 0 amide bonds. The summed E-state index contributed by atoms with van der Waals surface area (Å²) in [5.41, 5.74) is 0. The molecule has 0 spiro atoms. The Morgan fingerprint density at radius 1 is 1.29 bits per heavy atom. The third-order valence-electron chi connectivity index (χ3n) is 3.20. The first-order chi connectivity index (χ1) is 10.2. The summed E-state index contributed by atoms with van der Waals surface area (Å²) in [5.74, 6) is 1.84. The van der Waals surface area contributed by atoms with Gasteiger partial charge in [0.1, 0.15) is 24.2 Å². The van der Waals surface area contributed by atoms with Crippen LogP contribution < -0.4 is 10.1 Å². The number of nitrogens with zero attached hydrogens (tertiary/aromatic N) is 2. The van der Waals surface area contributed by atoms with Crippen molar-refractivity contribution in [1.29, 1.82) is 0 Å². The van der Waals surface area contributed by atoms with Crippen molar-refractivity contribution in [1.82, 2.24) is 14.9 Å². The van der Waals surface area contributed by atoms with Crippen molar-refractivity contribution in [3.8, 4) is 5.75 Å². The van der Waals surface area contributed by atoms with Gasteiger partial charge in [-0.1, -0.05) is 25.4 Å². The van der Waals surface area contributed by atoms with Crippen molar-refractivity contribution in [3.05, 3.63) is 47.5 Å². The monoisotopic (exact) mass is 307 g/mol. The van der Waals surface area contributed by atoms with E-state index in [1.165, 1.54) is 0 Å². The summed E-state index contributed by atoms with van der Waals surface area (Å²) in [6.07, 6.45) is 4.95. The number of aryl methyl sites for hydroxylation is 1. The highest BCUT2D eigenvalue weighted by Gasteiger charge is 2.16. The maximum absolute atomic E-state index is 5.88. The van der Waals surface area contributed by atoms with Crippen molar-refractivity contribution in [2.75, 3.05) is 13.2 Å². The second-order valence-corrected chi connectivity index (χ2v) is 5.29. The van der Waals surface area contributed by atoms with Crippen molar-refractivity contribution in [3.63, 3.8) is 0 Å². The lowest BCUT2D eigenvalue weighted by atomic mass is 10.2. The minimum Gasteiger partial charge on any atom is -0.491 e. The molecule has 0 aliphatic carbocycles. The van der Waals surface area contributed by atoms with Gasteiger partial charge in [0.25, 0.3) is 0 Å². The average molecular weight is 308 g/mol. The van der Waals surface area contributed by atoms with Gasteiger partial charge in [0.2, 0.25) is 0 Å². The van der Waals surface area contributed by atoms with Gasteiger partial charge in [-0.05, 0) is 37.2 Å². The zero-order chi connectivity index (χ0) is 15.1. The third kappa shape index (κ3) is 4.48. The fraction of sp³-hybridized carbons (Fsp3) is 0.438. The van der Waals surface area contributed by atoms with Crippen molar-refractivity contribution in [2.45, 2.75) is 32.9 Å². The molecular weight excluding hydrogens is 286 g/mol. The molecule has 0 aliphatic rings. The number of ether oxygens (including phenoxy) is 1. The Morgan fingerprint density at radius 3 is 2.71 bits per heavy atom. The van der Waals surface area contributed by atoms with E-state index in [1.807, 2.05) is 36.7 Å². The first-order valence-corrected chi connectivity index (χ1v) is 7.75. The average Bonchev–Trinajstić information content (AvgIpc) is 2.94. The molecule has 0 bridgehead atoms. The Morgan fingerprint density at radius 2 is 2.05 bits per heavy atom. The van der Waals surface area contributed by atoms with E-state index in [-0.39, 0.29) is 6.04 Å². The molecule has 2 rings (SSSR count). The quantitative estimate of drug-likeness (QED) is 0.808. The molecule has 1 atom stereocenters. The van der Waals surface area contributed by atoms with Gasteiger partial charge in [-0.2, -0.15) is 0 Å². The smallest absolute Gasteiger partial charge is 0.129 e. The summed E-state index contributed by atoms with van der Waals surface area (Å²) in [5, 5.41) is 4.14. The molecule has 0 radical (unpaired) electrons. The van der Waals surface area contributed by atoms with Gasteiger partial charge >= 0.3 is 0 Å². The van der Waals surface area contributed by atoms with Gasteiger partial charge in [-0.3, -0.25) is 0 Å². The number of imidazole rings is 1. The van der Waals surface area contributed by atoms with E-state index >= 15 is 0 Å². The number of likely N-dealkylation sites (N-methyl/N-ethyl adjacent to an activating group) is 1. The number of hydrogen-bond donors (Lipinski definition) is 1. The van der Waals surface area contributed by atoms with Crippen LogP contribution in [0.2, 0.25) is 5.02 Å². The molecule has 1 N–H and O–H groups in total. The number of benzene rings is 1. The largest absolute Gasteiger partial charge is 0.491 e. The van der Waals surface area contributed by atoms with E-state index in [0.717, 1.165) is 31.1 Å². The minimum atomic E-state index is 0.0761. The molecule has 1 aromatic carbocycles. The van der Waals surface area contributed by atoms with Gasteiger partial charge in [-0.15, -0.1) is 0 Å². The lowest BCUT2D eigenvalue weighted by Gasteiger charge is -2.19. The zero-order valence-corrected chi connectivity index (χ0v) is 13.3. The first kappa shape index (κ1) is 15.9. The SMILES string of the molecule is CCCn1ccnc1C(COc1ccc(Cl)cc1)NCC. The summed E-state index contributed by atoms with van der Waals surface area (Å²) >= 11 is 5.88. The van der Waals surface area contributed by atoms with Gasteiger partial charge in [0, 0.05) is 24.0 Å². The summed E-state index contributed by atoms with van der Waals surface area (Å²) in [6.45, 7) is 6.63. The van der Waals surface area contributed by atoms with Crippen molar-refractivity contribution >= 4 is 11.6 Å². The lowest BCUT2D eigenvalue weighted by Crippen LogP contribution is -2.29. The van der Waals surface area contributed by atoms with Crippen LogP contribution in [0.25, 0.3) is 0 Å². The van der Waals surface area contributed by atoms with Crippen LogP contribution >= 0.6 is 11.6 Å². The number of nitrogens with one attached hydrogen (secondary N) is 1. The standard InChI is InChI=1S/C16H22ClN3O/c1-3-10-20-11-9-19-16(20)15(18-4-2)12-21-14-7-5-13(17)6-8-14/h5-9,11,15,18H,3-4,10,12H2,1-2H3. The third-order valence-corrected chi connectivity index (χ3v) is 3.46. The van der Waals surface area contributed by atoms with E-state index in [2.05, 4.69) is 28.7 Å². The van der Waals surface area contributed by atoms with Crippen LogP contribution in [0.1, 0.15) is 32.1 Å². The summed E-state index contributed by atoms with van der Waals surface area (Å²) in [4.78, 5) is 4.48. The predicted octanol–water partition coefficient (Wildman–Crippen LogP) is 3.68. The molecular formula is C16H22ClN3O. The lowest BCUT2D eigenvalue weighted by molar-refractivity contribution is 0.259. The highest BCUT2D eigenvalue weighted by Crippen LogP contribution is 2.18. The van der Waals surface area contributed by atoms with Gasteiger partial charge in [-0.25, -0.2) is 4.98 Å². The Bertz CT molecular complexity index is 539. The Kier molecular flexibility index (Phi) is 6.08. The number of aromatic nitrogens is 2. The normalized spacial score (nSPS) is 12.3. The van der Waals surface area contributed by atoms with Crippen LogP contribution in [0.15, 0.2) is 36.7 Å². The second-order valence-electron chi connectivity index (χ2n) is 4.85. The molecule has 4 nitrogen and oxygen atoms in total. The van der Waals surface area contributed by atoms with Gasteiger partial charge in [0.05, 0.1) is 0 Å². The molecule has 5 heteroatoms. The van der Waals surface area contributed by atoms with Crippen LogP contribution in [0, 0.1) is 0 Å². The van der Waals surface area contributed by atoms with Crippen LogP contribution in [0.5, 0.6) is 5.75 Å². The Balaban J connectivity index is 2.04. The first-order valence-electron chi connectivity index (χ1n) is 7.37. The number of rotatable bonds is 8. The van der Waals surface area contributed by atoms with Crippen LogP contribution in [0.4, 0.5) is 0 Å². The number of halogens is 1. The van der Waals surface area contributed by atoms with Crippen LogP contribution in [-0.2, 0) is 6.54 Å². The summed E-state index contributed by atoms with van der Waals surface area (Å²) in [7, 11) is 0. The Labute approximate surface area is 131 Å². The van der Waals surface area contributed by atoms with Crippen molar-refractivity contribution < 1.29 is 4.74 Å². The summed E-state index contributed by atoms with van der Waals surface area (Å²) in [6, 6.07) is 7.49. The maximum Gasteiger partial charge on any atom is 0.129 e. The van der Waals surface area contributed by atoms with Crippen LogP contribution in [0.3, 0.4) is 0 Å². The zero-order valence-electron chi connectivity index (χ0n) is 12.6. The van der Waals surface area contributed by atoms with E-state index in [4.69, 9.17) is 16.3 Å². The molecule has 0 fully saturated rings. The molecule has 0 saturated heterocycles. The second kappa shape index (κ2) is 8.05. The van der Waals surface area contributed by atoms with Gasteiger partial charge in [0.15, 0.2) is 0 Å². The molecule has 1 aromatic heterocycles. The highest BCUT2D eigenvalue weighted by molar-refractivity contribution is 6.30. The van der Waals surface area contributed by atoms with Crippen molar-refractivity contribution in [2.24, 2.45) is 0 Å². The van der Waals surface area contributed by atoms with E-state index in [9.17, 15) is 0 Å². The predicted molar refractivity (Wildman–Crippen MR) is 85.9 cm³/mol. The molecule has 1 unspecified atom stereocenters. The van der Waals surface area contributed by atoms with E-state index in [1.54, 1.807) is 0 Å². The number of hydrogen-bond acceptors (Lipinski definition) is 3. The molecule has 0 aliphatic heterocycles.